The number of halogens is 2. The Morgan fingerprint density at radius 3 is 2.92 bits per heavy atom. The lowest BCUT2D eigenvalue weighted by Crippen LogP contribution is -1.89. The zero-order chi connectivity index (χ0) is 9.68. The number of nitrogen functional groups attached to an aromatic ring is 1. The molecule has 2 N–H and O–H groups in total. The van der Waals surface area contributed by atoms with Crippen molar-refractivity contribution in [3.63, 3.8) is 0 Å². The fraction of sp³-hybridized carbons (Fsp3) is 0.111. The molecule has 70 valence electrons. The van der Waals surface area contributed by atoms with E-state index in [-0.39, 0.29) is 11.5 Å². The molecule has 0 aliphatic rings. The fourth-order valence-corrected chi connectivity index (χ4v) is 1.71. The quantitative estimate of drug-likeness (QED) is 0.621. The van der Waals surface area contributed by atoms with Gasteiger partial charge in [-0.1, -0.05) is 17.7 Å². The maximum atomic E-state index is 12.9. The first-order valence-corrected chi connectivity index (χ1v) is 5.09. The minimum absolute atomic E-state index is 0.178. The van der Waals surface area contributed by atoms with Gasteiger partial charge in [-0.3, -0.25) is 0 Å². The van der Waals surface area contributed by atoms with Gasteiger partial charge in [0.25, 0.3) is 0 Å². The Balaban J connectivity index is 2.63. The highest BCUT2D eigenvalue weighted by atomic mass is 35.5. The van der Waals surface area contributed by atoms with Crippen molar-refractivity contribution in [3.8, 4) is 0 Å². The van der Waals surface area contributed by atoms with Crippen LogP contribution in [0.3, 0.4) is 0 Å². The highest BCUT2D eigenvalue weighted by molar-refractivity contribution is 7.99. The van der Waals surface area contributed by atoms with E-state index in [0.717, 1.165) is 10.6 Å². The summed E-state index contributed by atoms with van der Waals surface area (Å²) in [6.45, 7) is 0. The summed E-state index contributed by atoms with van der Waals surface area (Å²) in [4.78, 5) is 0.849. The molecule has 0 aliphatic carbocycles. The van der Waals surface area contributed by atoms with E-state index in [2.05, 4.69) is 0 Å². The van der Waals surface area contributed by atoms with Crippen molar-refractivity contribution in [2.24, 2.45) is 0 Å². The highest BCUT2D eigenvalue weighted by Crippen LogP contribution is 2.21. The lowest BCUT2D eigenvalue weighted by molar-refractivity contribution is 0.629. The number of nitrogens with two attached hydrogens (primary N) is 1. The van der Waals surface area contributed by atoms with E-state index in [1.807, 2.05) is 0 Å². The van der Waals surface area contributed by atoms with Gasteiger partial charge in [-0.25, -0.2) is 4.39 Å². The van der Waals surface area contributed by atoms with Crippen molar-refractivity contribution in [1.82, 2.24) is 0 Å². The molecule has 0 heterocycles. The smallest absolute Gasteiger partial charge is 0.147 e. The average molecular weight is 218 g/mol. The van der Waals surface area contributed by atoms with Gasteiger partial charge in [0, 0.05) is 16.2 Å². The topological polar surface area (TPSA) is 26.0 Å². The molecular formula is C9H9ClFNS. The van der Waals surface area contributed by atoms with Crippen LogP contribution in [0.1, 0.15) is 0 Å². The molecule has 0 aromatic heterocycles. The maximum absolute atomic E-state index is 12.9. The molecule has 1 rings (SSSR count). The lowest BCUT2D eigenvalue weighted by Gasteiger charge is -2.00. The molecule has 0 atom stereocenters. The Bertz CT molecular complexity index is 314. The van der Waals surface area contributed by atoms with Gasteiger partial charge in [-0.2, -0.15) is 0 Å². The molecule has 0 fully saturated rings. The predicted molar refractivity (Wildman–Crippen MR) is 56.5 cm³/mol. The van der Waals surface area contributed by atoms with Crippen LogP contribution in [0.5, 0.6) is 0 Å². The summed E-state index contributed by atoms with van der Waals surface area (Å²) in [6, 6.07) is 4.76. The third-order valence-corrected chi connectivity index (χ3v) is 2.53. The van der Waals surface area contributed by atoms with Crippen molar-refractivity contribution in [3.05, 3.63) is 35.6 Å². The molecule has 0 saturated carbocycles. The number of hydrogen-bond donors (Lipinski definition) is 1. The Morgan fingerprint density at radius 1 is 1.54 bits per heavy atom. The van der Waals surface area contributed by atoms with Crippen LogP contribution < -0.4 is 5.73 Å². The molecule has 0 spiro atoms. The lowest BCUT2D eigenvalue weighted by atomic mass is 10.3. The van der Waals surface area contributed by atoms with Crippen LogP contribution in [0.4, 0.5) is 10.1 Å². The first-order chi connectivity index (χ1) is 6.24. The monoisotopic (exact) mass is 217 g/mol. The summed E-state index contributed by atoms with van der Waals surface area (Å²) in [6.07, 6.45) is 1.79. The largest absolute Gasteiger partial charge is 0.396 e. The molecule has 1 nitrogen and oxygen atoms in total. The highest BCUT2D eigenvalue weighted by Gasteiger charge is 1.98. The van der Waals surface area contributed by atoms with Crippen LogP contribution in [0.25, 0.3) is 0 Å². The summed E-state index contributed by atoms with van der Waals surface area (Å²) in [7, 11) is 0. The van der Waals surface area contributed by atoms with Gasteiger partial charge >= 0.3 is 0 Å². The third-order valence-electron chi connectivity index (χ3n) is 1.41. The Labute approximate surface area is 85.8 Å². The molecule has 0 radical (unpaired) electrons. The molecule has 1 aromatic carbocycles. The van der Waals surface area contributed by atoms with Gasteiger partial charge in [0.05, 0.1) is 5.69 Å². The van der Waals surface area contributed by atoms with E-state index in [4.69, 9.17) is 17.3 Å². The summed E-state index contributed by atoms with van der Waals surface area (Å²) in [5.41, 5.74) is 6.95. The van der Waals surface area contributed by atoms with E-state index in [1.54, 1.807) is 18.2 Å². The van der Waals surface area contributed by atoms with Gasteiger partial charge in [-0.15, -0.1) is 11.8 Å². The summed E-state index contributed by atoms with van der Waals surface area (Å²) >= 11 is 6.84. The van der Waals surface area contributed by atoms with Crippen molar-refractivity contribution >= 4 is 29.1 Å². The molecule has 0 bridgehead atoms. The molecule has 0 aliphatic heterocycles. The van der Waals surface area contributed by atoms with E-state index in [9.17, 15) is 4.39 Å². The van der Waals surface area contributed by atoms with Crippen LogP contribution >= 0.6 is 23.4 Å². The number of benzene rings is 1. The van der Waals surface area contributed by atoms with Gasteiger partial charge in [0.1, 0.15) is 5.82 Å². The minimum atomic E-state index is -0.375. The molecule has 13 heavy (non-hydrogen) atoms. The Morgan fingerprint density at radius 2 is 2.31 bits per heavy atom. The average Bonchev–Trinajstić information content (AvgIpc) is 2.12. The van der Waals surface area contributed by atoms with Crippen LogP contribution in [0.2, 0.25) is 0 Å². The molecule has 1 aromatic rings. The van der Waals surface area contributed by atoms with Crippen molar-refractivity contribution < 1.29 is 4.39 Å². The van der Waals surface area contributed by atoms with Crippen LogP contribution in [-0.2, 0) is 0 Å². The minimum Gasteiger partial charge on any atom is -0.396 e. The first-order valence-electron chi connectivity index (χ1n) is 3.67. The number of thioether (sulfide) groups is 1. The summed E-state index contributed by atoms with van der Waals surface area (Å²) in [5.74, 6) is 0.354. The van der Waals surface area contributed by atoms with Gasteiger partial charge < -0.3 is 5.73 Å². The molecule has 0 unspecified atom stereocenters. The molecule has 0 saturated heterocycles. The van der Waals surface area contributed by atoms with Crippen LogP contribution in [0.15, 0.2) is 34.7 Å². The predicted octanol–water partition coefficient (Wildman–Crippen LogP) is 3.25. The van der Waals surface area contributed by atoms with E-state index < -0.39 is 0 Å². The van der Waals surface area contributed by atoms with E-state index in [0.29, 0.717) is 0 Å². The number of anilines is 1. The Hall–Kier alpha value is -0.670. The molecule has 0 amide bonds. The Kier molecular flexibility index (Phi) is 4.12. The van der Waals surface area contributed by atoms with Crippen molar-refractivity contribution in [1.29, 1.82) is 0 Å². The zero-order valence-electron chi connectivity index (χ0n) is 6.84. The fourth-order valence-electron chi connectivity index (χ4n) is 0.778. The van der Waals surface area contributed by atoms with Crippen molar-refractivity contribution in [2.45, 2.75) is 4.90 Å². The normalized spacial score (nSPS) is 10.9. The first kappa shape index (κ1) is 10.4. The maximum Gasteiger partial charge on any atom is 0.147 e. The number of rotatable bonds is 3. The summed E-state index contributed by atoms with van der Waals surface area (Å²) < 4.78 is 12.9. The standard InChI is InChI=1S/C9H9ClFNS/c10-4-1-5-13-7-2-3-9(12)8(11)6-7/h1-4,6H,5,12H2. The van der Waals surface area contributed by atoms with E-state index >= 15 is 0 Å². The second-order valence-electron chi connectivity index (χ2n) is 2.36. The second-order valence-corrected chi connectivity index (χ2v) is 3.70. The van der Waals surface area contributed by atoms with Gasteiger partial charge in [-0.05, 0) is 18.2 Å². The second kappa shape index (κ2) is 5.14. The third kappa shape index (κ3) is 3.28. The van der Waals surface area contributed by atoms with Crippen molar-refractivity contribution in [2.75, 3.05) is 11.5 Å². The number of hydrogen-bond acceptors (Lipinski definition) is 2. The summed E-state index contributed by atoms with van der Waals surface area (Å²) in [5, 5.41) is 0. The molecular weight excluding hydrogens is 209 g/mol. The molecule has 4 heteroatoms. The van der Waals surface area contributed by atoms with Crippen LogP contribution in [-0.4, -0.2) is 5.75 Å². The van der Waals surface area contributed by atoms with E-state index in [1.165, 1.54) is 23.4 Å². The zero-order valence-corrected chi connectivity index (χ0v) is 8.41. The van der Waals surface area contributed by atoms with Gasteiger partial charge in [0.2, 0.25) is 0 Å². The van der Waals surface area contributed by atoms with Gasteiger partial charge in [0.15, 0.2) is 0 Å². The SMILES string of the molecule is Nc1ccc(SCC=CCl)cc1F. The van der Waals surface area contributed by atoms with Crippen LogP contribution in [0, 0.1) is 5.82 Å².